The zero-order valence-electron chi connectivity index (χ0n) is 15.3. The average molecular weight is 354 g/mol. The van der Waals surface area contributed by atoms with Gasteiger partial charge in [-0.15, -0.1) is 0 Å². The fourth-order valence-corrected chi connectivity index (χ4v) is 4.01. The van der Waals surface area contributed by atoms with Crippen molar-refractivity contribution in [1.29, 1.82) is 0 Å². The number of hydrogen-bond acceptors (Lipinski definition) is 5. The van der Waals surface area contributed by atoms with Crippen LogP contribution in [0, 0.1) is 5.92 Å². The maximum absolute atomic E-state index is 6.14. The van der Waals surface area contributed by atoms with Gasteiger partial charge in [-0.2, -0.15) is 0 Å². The van der Waals surface area contributed by atoms with Gasteiger partial charge in [0.05, 0.1) is 31.6 Å². The zero-order chi connectivity index (χ0) is 17.8. The lowest BCUT2D eigenvalue weighted by Crippen LogP contribution is -2.64. The van der Waals surface area contributed by atoms with E-state index < -0.39 is 0 Å². The van der Waals surface area contributed by atoms with Gasteiger partial charge in [0.1, 0.15) is 5.75 Å². The SMILES string of the molecule is COc1cccc(CN2CC3(C2)OCC[C@H]3COCc2ccccn2)c1. The van der Waals surface area contributed by atoms with E-state index in [1.165, 1.54) is 5.56 Å². The summed E-state index contributed by atoms with van der Waals surface area (Å²) in [5.74, 6) is 1.38. The van der Waals surface area contributed by atoms with E-state index >= 15 is 0 Å². The summed E-state index contributed by atoms with van der Waals surface area (Å²) in [4.78, 5) is 6.75. The quantitative estimate of drug-likeness (QED) is 0.765. The van der Waals surface area contributed by atoms with Gasteiger partial charge in [-0.05, 0) is 36.2 Å². The van der Waals surface area contributed by atoms with Crippen LogP contribution in [0.4, 0.5) is 0 Å². The molecule has 0 unspecified atom stereocenters. The lowest BCUT2D eigenvalue weighted by molar-refractivity contribution is -0.146. The van der Waals surface area contributed by atoms with E-state index in [1.807, 2.05) is 30.3 Å². The first kappa shape index (κ1) is 17.5. The molecule has 4 rings (SSSR count). The van der Waals surface area contributed by atoms with Crippen LogP contribution in [-0.2, 0) is 22.6 Å². The monoisotopic (exact) mass is 354 g/mol. The third kappa shape index (κ3) is 3.75. The summed E-state index contributed by atoms with van der Waals surface area (Å²) in [5, 5.41) is 0. The van der Waals surface area contributed by atoms with Crippen molar-refractivity contribution in [3.8, 4) is 5.75 Å². The molecule has 0 saturated carbocycles. The summed E-state index contributed by atoms with van der Waals surface area (Å²) in [6.07, 6.45) is 2.89. The van der Waals surface area contributed by atoms with Gasteiger partial charge >= 0.3 is 0 Å². The smallest absolute Gasteiger partial charge is 0.119 e. The number of likely N-dealkylation sites (tertiary alicyclic amines) is 1. The molecule has 1 aromatic carbocycles. The second kappa shape index (κ2) is 7.74. The fourth-order valence-electron chi connectivity index (χ4n) is 4.01. The molecule has 0 amide bonds. The second-order valence-electron chi connectivity index (χ2n) is 7.23. The van der Waals surface area contributed by atoms with Crippen molar-refractivity contribution >= 4 is 0 Å². The molecule has 138 valence electrons. The van der Waals surface area contributed by atoms with Gasteiger partial charge in [-0.25, -0.2) is 0 Å². The normalized spacial score (nSPS) is 21.7. The highest BCUT2D eigenvalue weighted by molar-refractivity contribution is 5.28. The maximum atomic E-state index is 6.14. The van der Waals surface area contributed by atoms with E-state index in [0.717, 1.165) is 50.7 Å². The first-order valence-electron chi connectivity index (χ1n) is 9.24. The molecule has 1 aromatic heterocycles. The molecule has 0 radical (unpaired) electrons. The number of hydrogen-bond donors (Lipinski definition) is 0. The Morgan fingerprint density at radius 1 is 1.23 bits per heavy atom. The highest BCUT2D eigenvalue weighted by Crippen LogP contribution is 2.40. The lowest BCUT2D eigenvalue weighted by Gasteiger charge is -2.50. The molecular formula is C21H26N2O3. The van der Waals surface area contributed by atoms with Crippen LogP contribution in [0.25, 0.3) is 0 Å². The minimum atomic E-state index is -0.0248. The highest BCUT2D eigenvalue weighted by Gasteiger charge is 2.52. The Bertz CT molecular complexity index is 716. The minimum Gasteiger partial charge on any atom is -0.497 e. The number of pyridine rings is 1. The molecular weight excluding hydrogens is 328 g/mol. The Kier molecular flexibility index (Phi) is 5.20. The molecule has 1 spiro atoms. The van der Waals surface area contributed by atoms with Crippen molar-refractivity contribution in [3.63, 3.8) is 0 Å². The zero-order valence-corrected chi connectivity index (χ0v) is 15.3. The number of methoxy groups -OCH3 is 1. The van der Waals surface area contributed by atoms with E-state index in [1.54, 1.807) is 13.3 Å². The van der Waals surface area contributed by atoms with E-state index in [4.69, 9.17) is 14.2 Å². The molecule has 0 aliphatic carbocycles. The molecule has 5 heteroatoms. The molecule has 2 aliphatic rings. The van der Waals surface area contributed by atoms with Crippen LogP contribution in [-0.4, -0.2) is 48.9 Å². The predicted octanol–water partition coefficient (Wildman–Crippen LogP) is 2.90. The summed E-state index contributed by atoms with van der Waals surface area (Å²) in [6, 6.07) is 14.2. The molecule has 2 saturated heterocycles. The Morgan fingerprint density at radius 3 is 2.96 bits per heavy atom. The summed E-state index contributed by atoms with van der Waals surface area (Å²) in [7, 11) is 1.71. The van der Waals surface area contributed by atoms with Crippen LogP contribution < -0.4 is 4.74 Å². The predicted molar refractivity (Wildman–Crippen MR) is 99.0 cm³/mol. The van der Waals surface area contributed by atoms with Crippen LogP contribution in [0.3, 0.4) is 0 Å². The van der Waals surface area contributed by atoms with Crippen molar-refractivity contribution in [2.45, 2.75) is 25.2 Å². The van der Waals surface area contributed by atoms with Gasteiger partial charge in [0, 0.05) is 38.4 Å². The molecule has 2 aliphatic heterocycles. The van der Waals surface area contributed by atoms with Crippen LogP contribution in [0.1, 0.15) is 17.7 Å². The number of ether oxygens (including phenoxy) is 3. The second-order valence-corrected chi connectivity index (χ2v) is 7.23. The van der Waals surface area contributed by atoms with E-state index in [9.17, 15) is 0 Å². The number of benzene rings is 1. The number of rotatable bonds is 7. The first-order valence-corrected chi connectivity index (χ1v) is 9.24. The maximum Gasteiger partial charge on any atom is 0.119 e. The number of nitrogens with zero attached hydrogens (tertiary/aromatic N) is 2. The Morgan fingerprint density at radius 2 is 2.15 bits per heavy atom. The van der Waals surface area contributed by atoms with Crippen molar-refractivity contribution < 1.29 is 14.2 Å². The van der Waals surface area contributed by atoms with E-state index in [-0.39, 0.29) is 5.60 Å². The first-order chi connectivity index (χ1) is 12.8. The Balaban J connectivity index is 1.27. The van der Waals surface area contributed by atoms with Crippen LogP contribution >= 0.6 is 0 Å². The minimum absolute atomic E-state index is 0.0248. The van der Waals surface area contributed by atoms with Gasteiger partial charge < -0.3 is 14.2 Å². The van der Waals surface area contributed by atoms with Crippen LogP contribution in [0.2, 0.25) is 0 Å². The standard InChI is InChI=1S/C21H26N2O3/c1-24-20-7-4-5-17(11-20)12-23-15-21(16-23)18(8-10-26-21)13-25-14-19-6-2-3-9-22-19/h2-7,9,11,18H,8,10,12-16H2,1H3/t18-/m0/s1. The molecule has 0 bridgehead atoms. The Labute approximate surface area is 154 Å². The molecule has 0 N–H and O–H groups in total. The molecule has 1 atom stereocenters. The van der Waals surface area contributed by atoms with Gasteiger partial charge in [0.2, 0.25) is 0 Å². The average Bonchev–Trinajstić information content (AvgIpc) is 3.06. The van der Waals surface area contributed by atoms with Crippen LogP contribution in [0.15, 0.2) is 48.7 Å². The summed E-state index contributed by atoms with van der Waals surface area (Å²) < 4.78 is 17.4. The summed E-state index contributed by atoms with van der Waals surface area (Å²) in [5.41, 5.74) is 2.23. The molecule has 2 aromatic rings. The lowest BCUT2D eigenvalue weighted by atomic mass is 9.81. The van der Waals surface area contributed by atoms with Crippen LogP contribution in [0.5, 0.6) is 5.75 Å². The largest absolute Gasteiger partial charge is 0.497 e. The van der Waals surface area contributed by atoms with Crippen molar-refractivity contribution in [2.75, 3.05) is 33.4 Å². The van der Waals surface area contributed by atoms with Crippen molar-refractivity contribution in [1.82, 2.24) is 9.88 Å². The molecule has 26 heavy (non-hydrogen) atoms. The molecule has 5 nitrogen and oxygen atoms in total. The van der Waals surface area contributed by atoms with Gasteiger partial charge in [0.25, 0.3) is 0 Å². The van der Waals surface area contributed by atoms with Gasteiger partial charge in [-0.3, -0.25) is 9.88 Å². The van der Waals surface area contributed by atoms with Crippen molar-refractivity contribution in [2.24, 2.45) is 5.92 Å². The Hall–Kier alpha value is -1.95. The van der Waals surface area contributed by atoms with E-state index in [0.29, 0.717) is 12.5 Å². The number of aromatic nitrogens is 1. The van der Waals surface area contributed by atoms with Crippen molar-refractivity contribution in [3.05, 3.63) is 59.9 Å². The van der Waals surface area contributed by atoms with Gasteiger partial charge in [0.15, 0.2) is 0 Å². The molecule has 3 heterocycles. The fraction of sp³-hybridized carbons (Fsp3) is 0.476. The van der Waals surface area contributed by atoms with E-state index in [2.05, 4.69) is 22.0 Å². The summed E-state index contributed by atoms with van der Waals surface area (Å²) >= 11 is 0. The highest BCUT2D eigenvalue weighted by atomic mass is 16.5. The summed E-state index contributed by atoms with van der Waals surface area (Å²) in [6.45, 7) is 5.03. The molecule has 2 fully saturated rings. The third-order valence-corrected chi connectivity index (χ3v) is 5.42. The third-order valence-electron chi connectivity index (χ3n) is 5.42. The van der Waals surface area contributed by atoms with Gasteiger partial charge in [-0.1, -0.05) is 18.2 Å². The topological polar surface area (TPSA) is 43.8 Å².